The Balaban J connectivity index is 1.86. The van der Waals surface area contributed by atoms with Gasteiger partial charge in [0.05, 0.1) is 11.0 Å². The van der Waals surface area contributed by atoms with Crippen molar-refractivity contribution in [2.45, 2.75) is 25.4 Å². The van der Waals surface area contributed by atoms with Crippen LogP contribution in [-0.2, 0) is 4.79 Å². The minimum Gasteiger partial charge on any atom is -0.392 e. The third kappa shape index (κ3) is 4.51. The number of carbonyl (C=O) groups excluding carboxylic acids is 1. The number of carbonyl (C=O) groups is 1. The first-order valence-electron chi connectivity index (χ1n) is 7.00. The summed E-state index contributed by atoms with van der Waals surface area (Å²) in [6.45, 7) is 2.00. The van der Waals surface area contributed by atoms with Crippen molar-refractivity contribution in [3.8, 4) is 0 Å². The molecule has 0 saturated carbocycles. The largest absolute Gasteiger partial charge is 0.392 e. The molecule has 114 valence electrons. The highest BCUT2D eigenvalue weighted by Crippen LogP contribution is 2.23. The highest BCUT2D eigenvalue weighted by Gasteiger charge is 2.19. The van der Waals surface area contributed by atoms with E-state index < -0.39 is 4.92 Å². The number of para-hydroxylation sites is 2. The standard InChI is InChI=1S/C14H19N3O4/c18-11-4-3-8-16(10-11)9-7-14(19)15-12-5-1-2-6-13(12)17(20)21/h1-2,5-6,11,18H,3-4,7-10H2,(H,15,19). The maximum absolute atomic E-state index is 11.9. The second kappa shape index (κ2) is 7.14. The molecule has 0 radical (unpaired) electrons. The zero-order valence-corrected chi connectivity index (χ0v) is 11.7. The van der Waals surface area contributed by atoms with E-state index in [-0.39, 0.29) is 29.8 Å². The van der Waals surface area contributed by atoms with Gasteiger partial charge >= 0.3 is 0 Å². The van der Waals surface area contributed by atoms with Crippen LogP contribution in [0.25, 0.3) is 0 Å². The molecule has 0 aliphatic carbocycles. The van der Waals surface area contributed by atoms with Gasteiger partial charge in [-0.3, -0.25) is 14.9 Å². The van der Waals surface area contributed by atoms with Crippen LogP contribution >= 0.6 is 0 Å². The molecular formula is C14H19N3O4. The van der Waals surface area contributed by atoms with Crippen molar-refractivity contribution in [3.05, 3.63) is 34.4 Å². The van der Waals surface area contributed by atoms with E-state index in [1.165, 1.54) is 12.1 Å². The molecule has 0 spiro atoms. The Bertz CT molecular complexity index is 521. The van der Waals surface area contributed by atoms with E-state index in [2.05, 4.69) is 5.32 Å². The Morgan fingerprint density at radius 3 is 2.95 bits per heavy atom. The summed E-state index contributed by atoms with van der Waals surface area (Å²) in [5, 5.41) is 23.0. The molecule has 1 atom stereocenters. The number of amides is 1. The van der Waals surface area contributed by atoms with Crippen molar-refractivity contribution in [1.29, 1.82) is 0 Å². The van der Waals surface area contributed by atoms with Crippen LogP contribution in [0.3, 0.4) is 0 Å². The molecular weight excluding hydrogens is 274 g/mol. The van der Waals surface area contributed by atoms with Gasteiger partial charge in [0.25, 0.3) is 5.69 Å². The lowest BCUT2D eigenvalue weighted by molar-refractivity contribution is -0.383. The number of nitro benzene ring substituents is 1. The van der Waals surface area contributed by atoms with E-state index in [0.717, 1.165) is 19.4 Å². The summed E-state index contributed by atoms with van der Waals surface area (Å²) >= 11 is 0. The summed E-state index contributed by atoms with van der Waals surface area (Å²) in [5.41, 5.74) is 0.102. The summed E-state index contributed by atoms with van der Waals surface area (Å²) < 4.78 is 0. The normalized spacial score (nSPS) is 19.2. The maximum atomic E-state index is 11.9. The van der Waals surface area contributed by atoms with Gasteiger partial charge in [-0.1, -0.05) is 12.1 Å². The molecule has 0 bridgehead atoms. The summed E-state index contributed by atoms with van der Waals surface area (Å²) in [4.78, 5) is 24.3. The number of nitrogens with zero attached hydrogens (tertiary/aromatic N) is 2. The van der Waals surface area contributed by atoms with Gasteiger partial charge in [-0.15, -0.1) is 0 Å². The third-order valence-corrected chi connectivity index (χ3v) is 3.51. The highest BCUT2D eigenvalue weighted by atomic mass is 16.6. The van der Waals surface area contributed by atoms with Crippen LogP contribution in [0.5, 0.6) is 0 Å². The second-order valence-electron chi connectivity index (χ2n) is 5.17. The van der Waals surface area contributed by atoms with Crippen LogP contribution in [0.2, 0.25) is 0 Å². The number of aliphatic hydroxyl groups is 1. The topological polar surface area (TPSA) is 95.7 Å². The molecule has 1 unspecified atom stereocenters. The first-order chi connectivity index (χ1) is 10.1. The Morgan fingerprint density at radius 2 is 2.24 bits per heavy atom. The van der Waals surface area contributed by atoms with Crippen molar-refractivity contribution in [1.82, 2.24) is 4.90 Å². The molecule has 1 aromatic carbocycles. The Hall–Kier alpha value is -1.99. The van der Waals surface area contributed by atoms with Crippen LogP contribution in [-0.4, -0.2) is 46.6 Å². The van der Waals surface area contributed by atoms with Gasteiger partial charge in [0.15, 0.2) is 0 Å². The van der Waals surface area contributed by atoms with Crippen molar-refractivity contribution in [2.24, 2.45) is 0 Å². The predicted molar refractivity (Wildman–Crippen MR) is 78.0 cm³/mol. The number of piperidine rings is 1. The third-order valence-electron chi connectivity index (χ3n) is 3.51. The number of benzene rings is 1. The van der Waals surface area contributed by atoms with E-state index in [4.69, 9.17) is 0 Å². The number of nitro groups is 1. The molecule has 1 aliphatic heterocycles. The quantitative estimate of drug-likeness (QED) is 0.631. The van der Waals surface area contributed by atoms with Gasteiger partial charge in [-0.05, 0) is 25.5 Å². The summed E-state index contributed by atoms with van der Waals surface area (Å²) in [7, 11) is 0. The molecule has 1 aliphatic rings. The SMILES string of the molecule is O=C(CCN1CCCC(O)C1)Nc1ccccc1[N+](=O)[O-]. The van der Waals surface area contributed by atoms with Crippen molar-refractivity contribution in [3.63, 3.8) is 0 Å². The van der Waals surface area contributed by atoms with Gasteiger partial charge in [-0.2, -0.15) is 0 Å². The second-order valence-corrected chi connectivity index (χ2v) is 5.17. The first-order valence-corrected chi connectivity index (χ1v) is 7.00. The van der Waals surface area contributed by atoms with Crippen LogP contribution < -0.4 is 5.32 Å². The zero-order valence-electron chi connectivity index (χ0n) is 11.7. The fraction of sp³-hybridized carbons (Fsp3) is 0.500. The Kier molecular flexibility index (Phi) is 5.24. The zero-order chi connectivity index (χ0) is 15.2. The smallest absolute Gasteiger partial charge is 0.292 e. The maximum Gasteiger partial charge on any atom is 0.292 e. The fourth-order valence-corrected chi connectivity index (χ4v) is 2.45. The number of β-amino-alcohol motifs (C(OH)–C–C–N with tert-alkyl or cyclic N) is 1. The molecule has 2 rings (SSSR count). The number of aliphatic hydroxyl groups excluding tert-OH is 1. The van der Waals surface area contributed by atoms with E-state index in [1.807, 2.05) is 4.90 Å². The number of nitrogens with one attached hydrogen (secondary N) is 1. The van der Waals surface area contributed by atoms with Crippen molar-refractivity contribution >= 4 is 17.3 Å². The molecule has 1 amide bonds. The van der Waals surface area contributed by atoms with Crippen molar-refractivity contribution < 1.29 is 14.8 Å². The summed E-state index contributed by atoms with van der Waals surface area (Å²) in [5.74, 6) is -0.260. The number of rotatable bonds is 5. The molecule has 1 saturated heterocycles. The van der Waals surface area contributed by atoms with E-state index in [1.54, 1.807) is 12.1 Å². The number of hydrogen-bond acceptors (Lipinski definition) is 5. The average molecular weight is 293 g/mol. The van der Waals surface area contributed by atoms with Crippen LogP contribution in [0.4, 0.5) is 11.4 Å². The molecule has 1 aromatic rings. The van der Waals surface area contributed by atoms with E-state index in [0.29, 0.717) is 13.1 Å². The molecule has 7 nitrogen and oxygen atoms in total. The molecule has 0 aromatic heterocycles. The highest BCUT2D eigenvalue weighted by molar-refractivity contribution is 5.93. The van der Waals surface area contributed by atoms with Gasteiger partial charge in [0, 0.05) is 25.6 Å². The monoisotopic (exact) mass is 293 g/mol. The summed E-state index contributed by atoms with van der Waals surface area (Å²) in [6, 6.07) is 6.07. The van der Waals surface area contributed by atoms with Crippen molar-refractivity contribution in [2.75, 3.05) is 25.0 Å². The van der Waals surface area contributed by atoms with Gasteiger partial charge in [0.2, 0.25) is 5.91 Å². The van der Waals surface area contributed by atoms with Gasteiger partial charge < -0.3 is 15.3 Å². The van der Waals surface area contributed by atoms with Gasteiger partial charge in [-0.25, -0.2) is 0 Å². The van der Waals surface area contributed by atoms with E-state index in [9.17, 15) is 20.0 Å². The molecule has 1 fully saturated rings. The van der Waals surface area contributed by atoms with Crippen LogP contribution in [0.1, 0.15) is 19.3 Å². The minimum absolute atomic E-state index is 0.112. The average Bonchev–Trinajstić information content (AvgIpc) is 2.45. The van der Waals surface area contributed by atoms with Crippen LogP contribution in [0, 0.1) is 10.1 Å². The lowest BCUT2D eigenvalue weighted by Crippen LogP contribution is -2.39. The predicted octanol–water partition coefficient (Wildman–Crippen LogP) is 1.38. The Morgan fingerprint density at radius 1 is 1.48 bits per heavy atom. The van der Waals surface area contributed by atoms with Gasteiger partial charge in [0.1, 0.15) is 5.69 Å². The summed E-state index contributed by atoms with van der Waals surface area (Å²) in [6.07, 6.45) is 1.65. The lowest BCUT2D eigenvalue weighted by Gasteiger charge is -2.29. The molecule has 2 N–H and O–H groups in total. The Labute approximate surface area is 122 Å². The molecule has 7 heteroatoms. The van der Waals surface area contributed by atoms with E-state index >= 15 is 0 Å². The molecule has 1 heterocycles. The lowest BCUT2D eigenvalue weighted by atomic mass is 10.1. The van der Waals surface area contributed by atoms with Crippen LogP contribution in [0.15, 0.2) is 24.3 Å². The molecule has 21 heavy (non-hydrogen) atoms. The first kappa shape index (κ1) is 15.4. The number of likely N-dealkylation sites (tertiary alicyclic amines) is 1. The number of hydrogen-bond donors (Lipinski definition) is 2. The fourth-order valence-electron chi connectivity index (χ4n) is 2.45. The number of anilines is 1. The minimum atomic E-state index is -0.517.